The number of carboxylic acid groups (broad SMARTS) is 1. The minimum absolute atomic E-state index is 0.0639. The van der Waals surface area contributed by atoms with E-state index in [1.165, 1.54) is 13.8 Å². The number of carboxylic acids is 1. The van der Waals surface area contributed by atoms with E-state index in [1.807, 2.05) is 0 Å². The Labute approximate surface area is 101 Å². The van der Waals surface area contributed by atoms with Crippen LogP contribution >= 0.6 is 0 Å². The van der Waals surface area contributed by atoms with Crippen molar-refractivity contribution >= 4 is 11.9 Å². The number of rotatable bonds is 4. The highest BCUT2D eigenvalue weighted by Gasteiger charge is 2.32. The number of hydrogen-bond acceptors (Lipinski definition) is 3. The Kier molecular flexibility index (Phi) is 4.51. The SMILES string of the molecule is CC(C)(CC(=O)NC1CCCCC1O)C(=O)O. The molecule has 0 heterocycles. The van der Waals surface area contributed by atoms with Gasteiger partial charge in [-0.25, -0.2) is 0 Å². The summed E-state index contributed by atoms with van der Waals surface area (Å²) >= 11 is 0. The Morgan fingerprint density at radius 1 is 1.29 bits per heavy atom. The highest BCUT2D eigenvalue weighted by Crippen LogP contribution is 2.22. The smallest absolute Gasteiger partial charge is 0.309 e. The van der Waals surface area contributed by atoms with Crippen LogP contribution in [0, 0.1) is 5.41 Å². The lowest BCUT2D eigenvalue weighted by molar-refractivity contribution is -0.149. The monoisotopic (exact) mass is 243 g/mol. The van der Waals surface area contributed by atoms with Crippen molar-refractivity contribution in [1.82, 2.24) is 5.32 Å². The van der Waals surface area contributed by atoms with E-state index in [0.29, 0.717) is 6.42 Å². The molecule has 5 nitrogen and oxygen atoms in total. The number of aliphatic hydroxyl groups excluding tert-OH is 1. The van der Waals surface area contributed by atoms with Gasteiger partial charge in [-0.3, -0.25) is 9.59 Å². The fourth-order valence-electron chi connectivity index (χ4n) is 2.01. The summed E-state index contributed by atoms with van der Waals surface area (Å²) in [7, 11) is 0. The van der Waals surface area contributed by atoms with Gasteiger partial charge in [0, 0.05) is 6.42 Å². The number of carbonyl (C=O) groups excluding carboxylic acids is 1. The number of nitrogens with one attached hydrogen (secondary N) is 1. The minimum atomic E-state index is -1.07. The molecule has 17 heavy (non-hydrogen) atoms. The molecule has 1 aliphatic rings. The molecule has 1 rings (SSSR count). The minimum Gasteiger partial charge on any atom is -0.481 e. The molecule has 0 spiro atoms. The fraction of sp³-hybridized carbons (Fsp3) is 0.833. The van der Waals surface area contributed by atoms with Gasteiger partial charge in [-0.15, -0.1) is 0 Å². The van der Waals surface area contributed by atoms with Gasteiger partial charge in [-0.05, 0) is 26.7 Å². The summed E-state index contributed by atoms with van der Waals surface area (Å²) in [5.41, 5.74) is -1.07. The second kappa shape index (κ2) is 5.49. The third-order valence-electron chi connectivity index (χ3n) is 3.26. The van der Waals surface area contributed by atoms with Crippen molar-refractivity contribution in [2.45, 2.75) is 58.1 Å². The van der Waals surface area contributed by atoms with Crippen LogP contribution in [0.5, 0.6) is 0 Å². The summed E-state index contributed by atoms with van der Waals surface area (Å²) in [6, 6.07) is -0.221. The van der Waals surface area contributed by atoms with Crippen LogP contribution in [0.3, 0.4) is 0 Å². The van der Waals surface area contributed by atoms with Crippen molar-refractivity contribution < 1.29 is 19.8 Å². The zero-order valence-corrected chi connectivity index (χ0v) is 10.4. The second-order valence-electron chi connectivity index (χ2n) is 5.39. The lowest BCUT2D eigenvalue weighted by atomic mass is 9.88. The van der Waals surface area contributed by atoms with Gasteiger partial charge in [0.25, 0.3) is 0 Å². The Morgan fingerprint density at radius 2 is 1.88 bits per heavy atom. The number of hydrogen-bond donors (Lipinski definition) is 3. The van der Waals surface area contributed by atoms with Gasteiger partial charge in [0.2, 0.25) is 5.91 Å². The summed E-state index contributed by atoms with van der Waals surface area (Å²) < 4.78 is 0. The summed E-state index contributed by atoms with van der Waals surface area (Å²) in [6.45, 7) is 3.04. The molecule has 2 atom stereocenters. The molecule has 3 N–H and O–H groups in total. The predicted octanol–water partition coefficient (Wildman–Crippen LogP) is 0.907. The number of aliphatic carboxylic acids is 1. The van der Waals surface area contributed by atoms with Crippen molar-refractivity contribution in [3.8, 4) is 0 Å². The van der Waals surface area contributed by atoms with Crippen molar-refractivity contribution in [2.75, 3.05) is 0 Å². The van der Waals surface area contributed by atoms with Crippen LogP contribution in [0.4, 0.5) is 0 Å². The molecule has 1 fully saturated rings. The molecule has 0 radical (unpaired) electrons. The average molecular weight is 243 g/mol. The maximum atomic E-state index is 11.7. The third-order valence-corrected chi connectivity index (χ3v) is 3.26. The molecular weight excluding hydrogens is 222 g/mol. The molecule has 0 saturated heterocycles. The van der Waals surface area contributed by atoms with Gasteiger partial charge in [-0.2, -0.15) is 0 Å². The second-order valence-corrected chi connectivity index (χ2v) is 5.39. The fourth-order valence-corrected chi connectivity index (χ4v) is 2.01. The number of amides is 1. The first-order valence-electron chi connectivity index (χ1n) is 6.04. The van der Waals surface area contributed by atoms with Crippen molar-refractivity contribution in [2.24, 2.45) is 5.41 Å². The van der Waals surface area contributed by atoms with Gasteiger partial charge in [0.15, 0.2) is 0 Å². The first kappa shape index (κ1) is 14.0. The molecular formula is C12H21NO4. The summed E-state index contributed by atoms with van der Waals surface area (Å²) in [5, 5.41) is 21.3. The number of aliphatic hydroxyl groups is 1. The van der Waals surface area contributed by atoms with E-state index in [4.69, 9.17) is 5.11 Å². The van der Waals surface area contributed by atoms with Gasteiger partial charge in [0.05, 0.1) is 17.6 Å². The molecule has 0 aliphatic heterocycles. The predicted molar refractivity (Wildman–Crippen MR) is 62.4 cm³/mol. The lowest BCUT2D eigenvalue weighted by Crippen LogP contribution is -2.46. The quantitative estimate of drug-likeness (QED) is 0.685. The van der Waals surface area contributed by atoms with Gasteiger partial charge >= 0.3 is 5.97 Å². The summed E-state index contributed by atoms with van der Waals surface area (Å²) in [6.07, 6.45) is 2.87. The highest BCUT2D eigenvalue weighted by molar-refractivity contribution is 5.84. The maximum Gasteiger partial charge on any atom is 0.309 e. The third kappa shape index (κ3) is 4.00. The lowest BCUT2D eigenvalue weighted by Gasteiger charge is -2.29. The molecule has 1 saturated carbocycles. The molecule has 1 amide bonds. The maximum absolute atomic E-state index is 11.7. The van der Waals surface area contributed by atoms with E-state index >= 15 is 0 Å². The van der Waals surface area contributed by atoms with Crippen molar-refractivity contribution in [3.63, 3.8) is 0 Å². The normalized spacial score (nSPS) is 25.4. The topological polar surface area (TPSA) is 86.6 Å². The number of carbonyl (C=O) groups is 2. The zero-order valence-electron chi connectivity index (χ0n) is 10.4. The van der Waals surface area contributed by atoms with E-state index in [0.717, 1.165) is 19.3 Å². The Morgan fingerprint density at radius 3 is 2.41 bits per heavy atom. The summed E-state index contributed by atoms with van der Waals surface area (Å²) in [4.78, 5) is 22.6. The Balaban J connectivity index is 2.46. The largest absolute Gasteiger partial charge is 0.481 e. The molecule has 5 heteroatoms. The van der Waals surface area contributed by atoms with E-state index < -0.39 is 17.5 Å². The van der Waals surface area contributed by atoms with Crippen LogP contribution in [0.15, 0.2) is 0 Å². The van der Waals surface area contributed by atoms with E-state index in [2.05, 4.69) is 5.32 Å². The summed E-state index contributed by atoms with van der Waals surface area (Å²) in [5.74, 6) is -1.29. The van der Waals surface area contributed by atoms with Gasteiger partial charge in [-0.1, -0.05) is 12.8 Å². The first-order chi connectivity index (χ1) is 7.83. The van der Waals surface area contributed by atoms with E-state index in [-0.39, 0.29) is 18.4 Å². The van der Waals surface area contributed by atoms with E-state index in [9.17, 15) is 14.7 Å². The Hall–Kier alpha value is -1.10. The van der Waals surface area contributed by atoms with Crippen LogP contribution in [0.25, 0.3) is 0 Å². The first-order valence-corrected chi connectivity index (χ1v) is 6.04. The Bertz CT molecular complexity index is 301. The molecule has 0 bridgehead atoms. The molecule has 0 aromatic carbocycles. The van der Waals surface area contributed by atoms with Gasteiger partial charge in [0.1, 0.15) is 0 Å². The van der Waals surface area contributed by atoms with Crippen LogP contribution in [0.1, 0.15) is 46.0 Å². The van der Waals surface area contributed by atoms with Crippen LogP contribution in [-0.2, 0) is 9.59 Å². The van der Waals surface area contributed by atoms with Crippen molar-refractivity contribution in [1.29, 1.82) is 0 Å². The molecule has 1 aliphatic carbocycles. The van der Waals surface area contributed by atoms with Gasteiger partial charge < -0.3 is 15.5 Å². The van der Waals surface area contributed by atoms with Crippen molar-refractivity contribution in [3.05, 3.63) is 0 Å². The molecule has 0 aromatic rings. The van der Waals surface area contributed by atoms with Crippen LogP contribution < -0.4 is 5.32 Å². The molecule has 0 aromatic heterocycles. The van der Waals surface area contributed by atoms with E-state index in [1.54, 1.807) is 0 Å². The standard InChI is InChI=1S/C12H21NO4/c1-12(2,11(16)17)7-10(15)13-8-5-3-4-6-9(8)14/h8-9,14H,3-7H2,1-2H3,(H,13,15)(H,16,17). The zero-order chi connectivity index (χ0) is 13.1. The molecule has 2 unspecified atom stereocenters. The van der Waals surface area contributed by atoms with Crippen LogP contribution in [-0.4, -0.2) is 34.2 Å². The average Bonchev–Trinajstić information content (AvgIpc) is 2.20. The van der Waals surface area contributed by atoms with Crippen LogP contribution in [0.2, 0.25) is 0 Å². The highest BCUT2D eigenvalue weighted by atomic mass is 16.4. The molecule has 98 valence electrons.